The van der Waals surface area contributed by atoms with Crippen molar-refractivity contribution < 1.29 is 13.2 Å². The van der Waals surface area contributed by atoms with Gasteiger partial charge in [0.15, 0.2) is 0 Å². The molecule has 0 spiro atoms. The maximum atomic E-state index is 12.5. The number of nitrogens with zero attached hydrogens (tertiary/aromatic N) is 4. The minimum absolute atomic E-state index is 0.104. The molecule has 9 heteroatoms. The van der Waals surface area contributed by atoms with Crippen LogP contribution in [-0.4, -0.2) is 34.8 Å². The maximum Gasteiger partial charge on any atom is 0.242 e. The second-order valence-electron chi connectivity index (χ2n) is 4.92. The van der Waals surface area contributed by atoms with E-state index in [0.29, 0.717) is 24.7 Å². The van der Waals surface area contributed by atoms with E-state index >= 15 is 0 Å². The molecule has 2 aromatic rings. The first kappa shape index (κ1) is 14.9. The molecule has 1 aliphatic rings. The SMILES string of the molecule is CCOc1ccc(S(=O)(=O)NC2CCCn3ncnc32)cn1. The average Bonchev–Trinajstić information content (AvgIpc) is 2.97. The number of nitrogens with one attached hydrogen (secondary N) is 1. The van der Waals surface area contributed by atoms with E-state index < -0.39 is 10.0 Å². The van der Waals surface area contributed by atoms with Crippen molar-refractivity contribution in [2.24, 2.45) is 0 Å². The van der Waals surface area contributed by atoms with E-state index in [1.54, 1.807) is 10.7 Å². The highest BCUT2D eigenvalue weighted by molar-refractivity contribution is 7.89. The number of pyridine rings is 1. The molecular weight excluding hydrogens is 306 g/mol. The molecular formula is C13H17N5O3S. The number of aromatic nitrogens is 4. The zero-order chi connectivity index (χ0) is 15.6. The lowest BCUT2D eigenvalue weighted by atomic mass is 10.1. The van der Waals surface area contributed by atoms with Crippen LogP contribution >= 0.6 is 0 Å². The van der Waals surface area contributed by atoms with E-state index in [2.05, 4.69) is 19.8 Å². The fourth-order valence-electron chi connectivity index (χ4n) is 2.42. The summed E-state index contributed by atoms with van der Waals surface area (Å²) in [5.74, 6) is 1.05. The van der Waals surface area contributed by atoms with Gasteiger partial charge in [-0.05, 0) is 25.8 Å². The molecule has 0 fully saturated rings. The van der Waals surface area contributed by atoms with Gasteiger partial charge >= 0.3 is 0 Å². The standard InChI is InChI=1S/C13H17N5O3S/c1-2-21-12-6-5-10(8-14-12)22(19,20)17-11-4-3-7-18-13(11)15-9-16-18/h5-6,8-9,11,17H,2-4,7H2,1H3. The molecule has 2 aromatic heterocycles. The van der Waals surface area contributed by atoms with Crippen LogP contribution in [0.3, 0.4) is 0 Å². The second kappa shape index (κ2) is 6.01. The number of rotatable bonds is 5. The Balaban J connectivity index is 1.80. The molecule has 22 heavy (non-hydrogen) atoms. The van der Waals surface area contributed by atoms with Gasteiger partial charge in [0.2, 0.25) is 15.9 Å². The summed E-state index contributed by atoms with van der Waals surface area (Å²) in [5.41, 5.74) is 0. The molecule has 118 valence electrons. The molecule has 1 unspecified atom stereocenters. The van der Waals surface area contributed by atoms with Gasteiger partial charge in [-0.25, -0.2) is 27.8 Å². The summed E-state index contributed by atoms with van der Waals surface area (Å²) in [7, 11) is -3.66. The van der Waals surface area contributed by atoms with Crippen LogP contribution in [0.25, 0.3) is 0 Å². The lowest BCUT2D eigenvalue weighted by Crippen LogP contribution is -2.33. The molecule has 0 saturated carbocycles. The zero-order valence-corrected chi connectivity index (χ0v) is 13.0. The number of fused-ring (bicyclic) bond motifs is 1. The topological polar surface area (TPSA) is 99.0 Å². The van der Waals surface area contributed by atoms with E-state index in [1.165, 1.54) is 18.6 Å². The summed E-state index contributed by atoms with van der Waals surface area (Å²) >= 11 is 0. The van der Waals surface area contributed by atoms with E-state index in [-0.39, 0.29) is 10.9 Å². The van der Waals surface area contributed by atoms with Crippen molar-refractivity contribution in [2.75, 3.05) is 6.61 Å². The van der Waals surface area contributed by atoms with Crippen molar-refractivity contribution in [3.63, 3.8) is 0 Å². The predicted molar refractivity (Wildman–Crippen MR) is 77.7 cm³/mol. The molecule has 0 amide bonds. The largest absolute Gasteiger partial charge is 0.478 e. The molecule has 3 heterocycles. The van der Waals surface area contributed by atoms with Gasteiger partial charge < -0.3 is 4.74 Å². The van der Waals surface area contributed by atoms with Crippen molar-refractivity contribution in [3.05, 3.63) is 30.5 Å². The Kier molecular flexibility index (Phi) is 4.08. The summed E-state index contributed by atoms with van der Waals surface area (Å²) in [4.78, 5) is 8.24. The van der Waals surface area contributed by atoms with Crippen molar-refractivity contribution in [2.45, 2.75) is 37.2 Å². The molecule has 8 nitrogen and oxygen atoms in total. The molecule has 1 atom stereocenters. The summed E-state index contributed by atoms with van der Waals surface area (Å²) in [6, 6.07) is 2.66. The van der Waals surface area contributed by atoms with Crippen LogP contribution in [0.5, 0.6) is 5.88 Å². The van der Waals surface area contributed by atoms with E-state index in [4.69, 9.17) is 4.74 Å². The quantitative estimate of drug-likeness (QED) is 0.877. The third-order valence-corrected chi connectivity index (χ3v) is 4.89. The van der Waals surface area contributed by atoms with Crippen molar-refractivity contribution in [1.29, 1.82) is 0 Å². The van der Waals surface area contributed by atoms with E-state index in [0.717, 1.165) is 13.0 Å². The Bertz CT molecular complexity index is 741. The Morgan fingerprint density at radius 2 is 2.27 bits per heavy atom. The number of ether oxygens (including phenoxy) is 1. The van der Waals surface area contributed by atoms with Crippen LogP contribution in [0, 0.1) is 0 Å². The number of hydrogen-bond donors (Lipinski definition) is 1. The van der Waals surface area contributed by atoms with Crippen LogP contribution < -0.4 is 9.46 Å². The number of hydrogen-bond acceptors (Lipinski definition) is 6. The van der Waals surface area contributed by atoms with E-state index in [1.807, 2.05) is 6.92 Å². The molecule has 0 aromatic carbocycles. The summed E-state index contributed by atoms with van der Waals surface area (Å²) in [6.07, 6.45) is 4.29. The smallest absolute Gasteiger partial charge is 0.242 e. The monoisotopic (exact) mass is 323 g/mol. The highest BCUT2D eigenvalue weighted by Gasteiger charge is 2.27. The third kappa shape index (κ3) is 2.95. The van der Waals surface area contributed by atoms with Gasteiger partial charge in [0.1, 0.15) is 17.0 Å². The van der Waals surface area contributed by atoms with Gasteiger partial charge in [0, 0.05) is 12.6 Å². The minimum atomic E-state index is -3.66. The normalized spacial score (nSPS) is 18.0. The third-order valence-electron chi connectivity index (χ3n) is 3.43. The average molecular weight is 323 g/mol. The Hall–Kier alpha value is -2.00. The summed E-state index contributed by atoms with van der Waals surface area (Å²) < 4.78 is 34.5. The molecule has 0 radical (unpaired) electrons. The Morgan fingerprint density at radius 1 is 1.41 bits per heavy atom. The highest BCUT2D eigenvalue weighted by atomic mass is 32.2. The molecule has 0 saturated heterocycles. The van der Waals surface area contributed by atoms with Crippen LogP contribution in [0.1, 0.15) is 31.6 Å². The fraction of sp³-hybridized carbons (Fsp3) is 0.462. The predicted octanol–water partition coefficient (Wildman–Crippen LogP) is 0.885. The van der Waals surface area contributed by atoms with Crippen molar-refractivity contribution in [1.82, 2.24) is 24.5 Å². The van der Waals surface area contributed by atoms with Gasteiger partial charge in [0.25, 0.3) is 0 Å². The first-order chi connectivity index (χ1) is 10.6. The first-order valence-corrected chi connectivity index (χ1v) is 8.57. The maximum absolute atomic E-state index is 12.5. The summed E-state index contributed by atoms with van der Waals surface area (Å²) in [6.45, 7) is 3.08. The van der Waals surface area contributed by atoms with Crippen molar-refractivity contribution >= 4 is 10.0 Å². The number of sulfonamides is 1. The van der Waals surface area contributed by atoms with Crippen LogP contribution in [0.2, 0.25) is 0 Å². The van der Waals surface area contributed by atoms with Gasteiger partial charge in [-0.15, -0.1) is 0 Å². The number of aryl methyl sites for hydroxylation is 1. The second-order valence-corrected chi connectivity index (χ2v) is 6.64. The van der Waals surface area contributed by atoms with Crippen LogP contribution in [0.4, 0.5) is 0 Å². The zero-order valence-electron chi connectivity index (χ0n) is 12.1. The lowest BCUT2D eigenvalue weighted by Gasteiger charge is -2.22. The molecule has 0 bridgehead atoms. The van der Waals surface area contributed by atoms with Crippen LogP contribution in [0.15, 0.2) is 29.6 Å². The van der Waals surface area contributed by atoms with Gasteiger partial charge in [0.05, 0.1) is 18.8 Å². The lowest BCUT2D eigenvalue weighted by molar-refractivity contribution is 0.326. The molecule has 3 rings (SSSR count). The fourth-order valence-corrected chi connectivity index (χ4v) is 3.59. The van der Waals surface area contributed by atoms with Crippen molar-refractivity contribution in [3.8, 4) is 5.88 Å². The molecule has 0 aliphatic carbocycles. The first-order valence-electron chi connectivity index (χ1n) is 7.09. The Labute approximate surface area is 128 Å². The summed E-state index contributed by atoms with van der Waals surface area (Å²) in [5, 5.41) is 4.08. The molecule has 1 aliphatic heterocycles. The van der Waals surface area contributed by atoms with E-state index in [9.17, 15) is 8.42 Å². The Morgan fingerprint density at radius 3 is 3.00 bits per heavy atom. The van der Waals surface area contributed by atoms with Gasteiger partial charge in [-0.1, -0.05) is 0 Å². The van der Waals surface area contributed by atoms with Gasteiger partial charge in [-0.2, -0.15) is 5.10 Å². The van der Waals surface area contributed by atoms with Gasteiger partial charge in [-0.3, -0.25) is 0 Å². The minimum Gasteiger partial charge on any atom is -0.478 e. The molecule has 1 N–H and O–H groups in total. The van der Waals surface area contributed by atoms with Crippen LogP contribution in [-0.2, 0) is 16.6 Å². The highest BCUT2D eigenvalue weighted by Crippen LogP contribution is 2.24.